The lowest BCUT2D eigenvalue weighted by Gasteiger charge is -2.36. The van der Waals surface area contributed by atoms with Gasteiger partial charge in [0.25, 0.3) is 0 Å². The molecule has 0 aliphatic carbocycles. The van der Waals surface area contributed by atoms with E-state index in [1.165, 1.54) is 12.0 Å². The third kappa shape index (κ3) is 5.21. The summed E-state index contributed by atoms with van der Waals surface area (Å²) in [4.78, 5) is 23.4. The molecule has 6 nitrogen and oxygen atoms in total. The van der Waals surface area contributed by atoms with E-state index in [0.717, 1.165) is 64.6 Å². The number of rotatable bonds is 4. The first kappa shape index (κ1) is 18.7. The number of benzene rings is 1. The van der Waals surface area contributed by atoms with Crippen molar-refractivity contribution in [2.75, 3.05) is 52.9 Å². The number of guanidine groups is 1. The fourth-order valence-corrected chi connectivity index (χ4v) is 3.70. The minimum atomic E-state index is 0.188. The van der Waals surface area contributed by atoms with Crippen molar-refractivity contribution < 1.29 is 4.79 Å². The summed E-state index contributed by atoms with van der Waals surface area (Å²) < 4.78 is 0. The van der Waals surface area contributed by atoms with Gasteiger partial charge in [-0.15, -0.1) is 0 Å². The van der Waals surface area contributed by atoms with Gasteiger partial charge in [0.2, 0.25) is 5.91 Å². The predicted octanol–water partition coefficient (Wildman–Crippen LogP) is 1.39. The van der Waals surface area contributed by atoms with Crippen LogP contribution in [0.4, 0.5) is 0 Å². The van der Waals surface area contributed by atoms with Gasteiger partial charge < -0.3 is 15.1 Å². The van der Waals surface area contributed by atoms with Gasteiger partial charge in [0.1, 0.15) is 0 Å². The molecule has 0 radical (unpaired) electrons. The number of amides is 1. The van der Waals surface area contributed by atoms with E-state index in [2.05, 4.69) is 50.4 Å². The Hall–Kier alpha value is -2.08. The van der Waals surface area contributed by atoms with Crippen molar-refractivity contribution in [1.82, 2.24) is 20.0 Å². The standard InChI is InChI=1S/C20H31N5O/c1-21-20(22-16-19(26)24-10-6-3-7-11-24)25-14-12-23(13-15-25)17-18-8-4-2-5-9-18/h2,4-5,8-9H,3,6-7,10-17H2,1H3,(H,21,22). The van der Waals surface area contributed by atoms with Crippen molar-refractivity contribution in [2.45, 2.75) is 25.8 Å². The molecule has 1 N–H and O–H groups in total. The van der Waals surface area contributed by atoms with Crippen molar-refractivity contribution in [3.63, 3.8) is 0 Å². The molecule has 1 aromatic rings. The summed E-state index contributed by atoms with van der Waals surface area (Å²) in [5.74, 6) is 1.03. The van der Waals surface area contributed by atoms with Crippen molar-refractivity contribution in [3.05, 3.63) is 35.9 Å². The van der Waals surface area contributed by atoms with Crippen molar-refractivity contribution in [3.8, 4) is 0 Å². The number of nitrogens with one attached hydrogen (secondary N) is 1. The van der Waals surface area contributed by atoms with E-state index < -0.39 is 0 Å². The van der Waals surface area contributed by atoms with Gasteiger partial charge in [-0.1, -0.05) is 30.3 Å². The third-order valence-electron chi connectivity index (χ3n) is 5.24. The minimum absolute atomic E-state index is 0.188. The number of likely N-dealkylation sites (tertiary alicyclic amines) is 1. The zero-order chi connectivity index (χ0) is 18.2. The number of carbonyl (C=O) groups is 1. The minimum Gasteiger partial charge on any atom is -0.347 e. The van der Waals surface area contributed by atoms with Crippen LogP contribution in [0.5, 0.6) is 0 Å². The summed E-state index contributed by atoms with van der Waals surface area (Å²) in [6.45, 7) is 7.03. The molecule has 0 bridgehead atoms. The van der Waals surface area contributed by atoms with Gasteiger partial charge in [-0.25, -0.2) is 0 Å². The summed E-state index contributed by atoms with van der Waals surface area (Å²) in [5.41, 5.74) is 1.36. The highest BCUT2D eigenvalue weighted by atomic mass is 16.2. The second-order valence-electron chi connectivity index (χ2n) is 7.09. The van der Waals surface area contributed by atoms with Crippen LogP contribution in [-0.2, 0) is 11.3 Å². The topological polar surface area (TPSA) is 51.2 Å². The average molecular weight is 358 g/mol. The van der Waals surface area contributed by atoms with Crippen LogP contribution in [0, 0.1) is 0 Å². The van der Waals surface area contributed by atoms with Crippen LogP contribution in [0.2, 0.25) is 0 Å². The lowest BCUT2D eigenvalue weighted by atomic mass is 10.1. The molecule has 0 atom stereocenters. The van der Waals surface area contributed by atoms with E-state index >= 15 is 0 Å². The summed E-state index contributed by atoms with van der Waals surface area (Å²) in [6, 6.07) is 10.6. The quantitative estimate of drug-likeness (QED) is 0.654. The number of carbonyl (C=O) groups excluding carboxylic acids is 1. The Morgan fingerprint density at radius 1 is 0.962 bits per heavy atom. The van der Waals surface area contributed by atoms with Crippen LogP contribution >= 0.6 is 0 Å². The zero-order valence-corrected chi connectivity index (χ0v) is 15.9. The molecule has 0 aromatic heterocycles. The molecule has 142 valence electrons. The van der Waals surface area contributed by atoms with Crippen molar-refractivity contribution in [1.29, 1.82) is 0 Å². The van der Waals surface area contributed by atoms with Gasteiger partial charge in [0.05, 0.1) is 6.54 Å². The van der Waals surface area contributed by atoms with Gasteiger partial charge in [0.15, 0.2) is 5.96 Å². The Bertz CT molecular complexity index is 589. The molecule has 2 saturated heterocycles. The highest BCUT2D eigenvalue weighted by Gasteiger charge is 2.21. The van der Waals surface area contributed by atoms with E-state index in [1.54, 1.807) is 7.05 Å². The van der Waals surface area contributed by atoms with Crippen LogP contribution in [-0.4, -0.2) is 79.4 Å². The van der Waals surface area contributed by atoms with Crippen LogP contribution in [0.25, 0.3) is 0 Å². The van der Waals surface area contributed by atoms with Gasteiger partial charge >= 0.3 is 0 Å². The predicted molar refractivity (Wildman–Crippen MR) is 105 cm³/mol. The molecule has 1 aromatic carbocycles. The fourth-order valence-electron chi connectivity index (χ4n) is 3.70. The van der Waals surface area contributed by atoms with Crippen molar-refractivity contribution in [2.24, 2.45) is 4.99 Å². The molecule has 3 rings (SSSR count). The lowest BCUT2D eigenvalue weighted by molar-refractivity contribution is -0.130. The molecule has 0 unspecified atom stereocenters. The molecule has 0 saturated carbocycles. The van der Waals surface area contributed by atoms with Crippen LogP contribution in [0.3, 0.4) is 0 Å². The molecular weight excluding hydrogens is 326 g/mol. The first-order chi connectivity index (χ1) is 12.8. The second kappa shape index (κ2) is 9.57. The van der Waals surface area contributed by atoms with E-state index in [4.69, 9.17) is 0 Å². The molecule has 1 amide bonds. The summed E-state index contributed by atoms with van der Waals surface area (Å²) >= 11 is 0. The normalized spacial score (nSPS) is 19.5. The van der Waals surface area contributed by atoms with Gasteiger partial charge in [-0.3, -0.25) is 14.7 Å². The molecule has 2 aliphatic rings. The second-order valence-corrected chi connectivity index (χ2v) is 7.09. The van der Waals surface area contributed by atoms with Crippen molar-refractivity contribution >= 4 is 11.9 Å². The van der Waals surface area contributed by atoms with Gasteiger partial charge in [0, 0.05) is 52.9 Å². The Balaban J connectivity index is 1.42. The molecule has 6 heteroatoms. The highest BCUT2D eigenvalue weighted by molar-refractivity contribution is 5.86. The number of aliphatic imine (C=N–C) groups is 1. The molecular formula is C20H31N5O. The maximum Gasteiger partial charge on any atom is 0.241 e. The first-order valence-corrected chi connectivity index (χ1v) is 9.76. The molecule has 0 spiro atoms. The first-order valence-electron chi connectivity index (χ1n) is 9.76. The molecule has 26 heavy (non-hydrogen) atoms. The Labute approximate surface area is 156 Å². The Morgan fingerprint density at radius 2 is 1.65 bits per heavy atom. The van der Waals surface area contributed by atoms with Crippen LogP contribution in [0.1, 0.15) is 24.8 Å². The SMILES string of the molecule is CN=C(NCC(=O)N1CCCCC1)N1CCN(Cc2ccccc2)CC1. The fraction of sp³-hybridized carbons (Fsp3) is 0.600. The number of piperazine rings is 1. The summed E-state index contributed by atoms with van der Waals surface area (Å²) in [6.07, 6.45) is 3.50. The van der Waals surface area contributed by atoms with E-state index in [1.807, 2.05) is 4.90 Å². The van der Waals surface area contributed by atoms with Gasteiger partial charge in [-0.2, -0.15) is 0 Å². The average Bonchev–Trinajstić information content (AvgIpc) is 2.71. The molecule has 2 aliphatic heterocycles. The maximum atomic E-state index is 12.3. The maximum absolute atomic E-state index is 12.3. The summed E-state index contributed by atoms with van der Waals surface area (Å²) in [7, 11) is 1.80. The lowest BCUT2D eigenvalue weighted by Crippen LogP contribution is -2.53. The third-order valence-corrected chi connectivity index (χ3v) is 5.24. The zero-order valence-electron chi connectivity index (χ0n) is 15.9. The smallest absolute Gasteiger partial charge is 0.241 e. The molecule has 2 fully saturated rings. The van der Waals surface area contributed by atoms with Gasteiger partial charge in [-0.05, 0) is 24.8 Å². The van der Waals surface area contributed by atoms with Crippen LogP contribution < -0.4 is 5.32 Å². The Morgan fingerprint density at radius 3 is 2.31 bits per heavy atom. The Kier molecular flexibility index (Phi) is 6.89. The number of hydrogen-bond donors (Lipinski definition) is 1. The molecule has 2 heterocycles. The largest absolute Gasteiger partial charge is 0.347 e. The summed E-state index contributed by atoms with van der Waals surface area (Å²) in [5, 5.41) is 3.27. The van der Waals surface area contributed by atoms with Crippen LogP contribution in [0.15, 0.2) is 35.3 Å². The number of piperidine rings is 1. The monoisotopic (exact) mass is 357 g/mol. The highest BCUT2D eigenvalue weighted by Crippen LogP contribution is 2.10. The van der Waals surface area contributed by atoms with E-state index in [-0.39, 0.29) is 5.91 Å². The number of nitrogens with zero attached hydrogens (tertiary/aromatic N) is 4. The van der Waals surface area contributed by atoms with E-state index in [9.17, 15) is 4.79 Å². The van der Waals surface area contributed by atoms with E-state index in [0.29, 0.717) is 6.54 Å². The number of hydrogen-bond acceptors (Lipinski definition) is 3.